The molecule has 0 radical (unpaired) electrons. The van der Waals surface area contributed by atoms with Crippen molar-refractivity contribution in [2.24, 2.45) is 0 Å². The minimum absolute atomic E-state index is 0.369. The maximum absolute atomic E-state index is 11.1. The molecule has 1 unspecified atom stereocenters. The molecule has 0 aromatic heterocycles. The van der Waals surface area contributed by atoms with E-state index in [4.69, 9.17) is 4.74 Å². The summed E-state index contributed by atoms with van der Waals surface area (Å²) in [4.78, 5) is 13.6. The van der Waals surface area contributed by atoms with Crippen molar-refractivity contribution >= 4 is 6.29 Å². The molecule has 104 valence electrons. The van der Waals surface area contributed by atoms with Crippen LogP contribution in [0.15, 0.2) is 18.2 Å². The molecule has 0 aliphatic carbocycles. The lowest BCUT2D eigenvalue weighted by Crippen LogP contribution is -2.47. The van der Waals surface area contributed by atoms with Crippen LogP contribution < -0.4 is 4.74 Å². The van der Waals surface area contributed by atoms with Crippen LogP contribution in [0, 0.1) is 0 Å². The Morgan fingerprint density at radius 2 is 2.26 bits per heavy atom. The third kappa shape index (κ3) is 2.98. The summed E-state index contributed by atoms with van der Waals surface area (Å²) in [6.07, 6.45) is 2.98. The van der Waals surface area contributed by atoms with Crippen molar-refractivity contribution in [2.45, 2.75) is 45.7 Å². The van der Waals surface area contributed by atoms with Crippen molar-refractivity contribution in [1.29, 1.82) is 0 Å². The molecule has 0 N–H and O–H groups in total. The molecule has 0 spiro atoms. The Bertz CT molecular complexity index is 442. The smallest absolute Gasteiger partial charge is 0.150 e. The second kappa shape index (κ2) is 6.20. The molecule has 1 aliphatic rings. The zero-order chi connectivity index (χ0) is 13.8. The van der Waals surface area contributed by atoms with Crippen molar-refractivity contribution < 1.29 is 9.53 Å². The van der Waals surface area contributed by atoms with Crippen molar-refractivity contribution in [3.05, 3.63) is 29.3 Å². The molecule has 1 aromatic carbocycles. The van der Waals surface area contributed by atoms with Gasteiger partial charge in [-0.2, -0.15) is 0 Å². The van der Waals surface area contributed by atoms with Crippen LogP contribution in [-0.4, -0.2) is 36.4 Å². The van der Waals surface area contributed by atoms with E-state index in [9.17, 15) is 4.79 Å². The van der Waals surface area contributed by atoms with Crippen molar-refractivity contribution in [3.8, 4) is 5.75 Å². The SMILES string of the molecule is CCCN(C(C)C)C1COc2cccc(C=O)c2C1. The summed E-state index contributed by atoms with van der Waals surface area (Å²) in [6.45, 7) is 8.43. The average Bonchev–Trinajstić information content (AvgIpc) is 2.43. The average molecular weight is 261 g/mol. The number of hydrogen-bond donors (Lipinski definition) is 0. The fraction of sp³-hybridized carbons (Fsp3) is 0.562. The van der Waals surface area contributed by atoms with Gasteiger partial charge in [0.15, 0.2) is 0 Å². The number of benzene rings is 1. The maximum atomic E-state index is 11.1. The van der Waals surface area contributed by atoms with Gasteiger partial charge in [-0.15, -0.1) is 0 Å². The summed E-state index contributed by atoms with van der Waals surface area (Å²) < 4.78 is 5.86. The normalized spacial score (nSPS) is 18.3. The second-order valence-corrected chi connectivity index (χ2v) is 5.44. The molecular weight excluding hydrogens is 238 g/mol. The Hall–Kier alpha value is -1.35. The minimum Gasteiger partial charge on any atom is -0.492 e. The first-order valence-electron chi connectivity index (χ1n) is 7.13. The molecule has 0 saturated heterocycles. The molecule has 2 rings (SSSR count). The first-order valence-corrected chi connectivity index (χ1v) is 7.13. The Balaban J connectivity index is 2.22. The highest BCUT2D eigenvalue weighted by Crippen LogP contribution is 2.29. The fourth-order valence-electron chi connectivity index (χ4n) is 2.86. The lowest BCUT2D eigenvalue weighted by molar-refractivity contribution is 0.0917. The quantitative estimate of drug-likeness (QED) is 0.763. The van der Waals surface area contributed by atoms with Crippen LogP contribution in [-0.2, 0) is 6.42 Å². The molecule has 1 atom stereocenters. The molecular formula is C16H23NO2. The maximum Gasteiger partial charge on any atom is 0.150 e. The van der Waals surface area contributed by atoms with E-state index in [2.05, 4.69) is 25.7 Å². The van der Waals surface area contributed by atoms with Crippen LogP contribution in [0.1, 0.15) is 43.1 Å². The van der Waals surface area contributed by atoms with Gasteiger partial charge in [0.05, 0.1) is 0 Å². The molecule has 0 fully saturated rings. The standard InChI is InChI=1S/C16H23NO2/c1-4-8-17(12(2)3)14-9-15-13(10-18)6-5-7-16(15)19-11-14/h5-7,10,12,14H,4,8-9,11H2,1-3H3. The number of fused-ring (bicyclic) bond motifs is 1. The van der Waals surface area contributed by atoms with Crippen LogP contribution in [0.2, 0.25) is 0 Å². The summed E-state index contributed by atoms with van der Waals surface area (Å²) in [7, 11) is 0. The Labute approximate surface area is 115 Å². The second-order valence-electron chi connectivity index (χ2n) is 5.44. The first kappa shape index (κ1) is 14.1. The van der Waals surface area contributed by atoms with Gasteiger partial charge >= 0.3 is 0 Å². The summed E-state index contributed by atoms with van der Waals surface area (Å²) in [5, 5.41) is 0. The highest BCUT2D eigenvalue weighted by molar-refractivity contribution is 5.78. The molecule has 0 saturated carbocycles. The molecule has 3 nitrogen and oxygen atoms in total. The summed E-state index contributed by atoms with van der Waals surface area (Å²) in [5.41, 5.74) is 1.83. The highest BCUT2D eigenvalue weighted by atomic mass is 16.5. The van der Waals surface area contributed by atoms with Gasteiger partial charge < -0.3 is 4.74 Å². The number of carbonyl (C=O) groups is 1. The van der Waals surface area contributed by atoms with E-state index >= 15 is 0 Å². The van der Waals surface area contributed by atoms with Gasteiger partial charge in [-0.05, 0) is 39.3 Å². The van der Waals surface area contributed by atoms with E-state index in [1.807, 2.05) is 18.2 Å². The Morgan fingerprint density at radius 1 is 1.47 bits per heavy atom. The summed E-state index contributed by atoms with van der Waals surface area (Å²) in [5.74, 6) is 0.876. The van der Waals surface area contributed by atoms with E-state index < -0.39 is 0 Å². The summed E-state index contributed by atoms with van der Waals surface area (Å²) >= 11 is 0. The van der Waals surface area contributed by atoms with Crippen LogP contribution in [0.25, 0.3) is 0 Å². The number of hydrogen-bond acceptors (Lipinski definition) is 3. The lowest BCUT2D eigenvalue weighted by atomic mass is 9.96. The van der Waals surface area contributed by atoms with Crippen LogP contribution in [0.4, 0.5) is 0 Å². The van der Waals surface area contributed by atoms with Gasteiger partial charge in [0.2, 0.25) is 0 Å². The number of aldehydes is 1. The molecule has 19 heavy (non-hydrogen) atoms. The van der Waals surface area contributed by atoms with Crippen LogP contribution in [0.3, 0.4) is 0 Å². The van der Waals surface area contributed by atoms with Gasteiger partial charge in [0.1, 0.15) is 18.6 Å². The molecule has 1 heterocycles. The van der Waals surface area contributed by atoms with Crippen molar-refractivity contribution in [3.63, 3.8) is 0 Å². The Kier molecular flexibility index (Phi) is 4.59. The molecule has 1 aliphatic heterocycles. The van der Waals surface area contributed by atoms with E-state index in [1.165, 1.54) is 0 Å². The molecule has 1 aromatic rings. The summed E-state index contributed by atoms with van der Waals surface area (Å²) in [6, 6.07) is 6.58. The number of ether oxygens (including phenoxy) is 1. The monoisotopic (exact) mass is 261 g/mol. The third-order valence-corrected chi connectivity index (χ3v) is 3.78. The van der Waals surface area contributed by atoms with Crippen LogP contribution in [0.5, 0.6) is 5.75 Å². The highest BCUT2D eigenvalue weighted by Gasteiger charge is 2.27. The predicted molar refractivity (Wildman–Crippen MR) is 76.9 cm³/mol. The van der Waals surface area contributed by atoms with Crippen molar-refractivity contribution in [2.75, 3.05) is 13.2 Å². The van der Waals surface area contributed by atoms with Crippen LogP contribution >= 0.6 is 0 Å². The van der Waals surface area contributed by atoms with E-state index in [-0.39, 0.29) is 0 Å². The van der Waals surface area contributed by atoms with Gasteiger partial charge in [-0.25, -0.2) is 0 Å². The van der Waals surface area contributed by atoms with Crippen molar-refractivity contribution in [1.82, 2.24) is 4.90 Å². The zero-order valence-corrected chi connectivity index (χ0v) is 12.1. The number of carbonyl (C=O) groups excluding carboxylic acids is 1. The van der Waals surface area contributed by atoms with Gasteiger partial charge in [0, 0.05) is 23.2 Å². The fourth-order valence-corrected chi connectivity index (χ4v) is 2.86. The van der Waals surface area contributed by atoms with Gasteiger partial charge in [0.25, 0.3) is 0 Å². The minimum atomic E-state index is 0.369. The Morgan fingerprint density at radius 3 is 2.89 bits per heavy atom. The van der Waals surface area contributed by atoms with Gasteiger partial charge in [-0.3, -0.25) is 9.69 Å². The first-order chi connectivity index (χ1) is 9.17. The third-order valence-electron chi connectivity index (χ3n) is 3.78. The topological polar surface area (TPSA) is 29.5 Å². The predicted octanol–water partition coefficient (Wildman–Crippen LogP) is 2.92. The number of rotatable bonds is 5. The number of nitrogens with zero attached hydrogens (tertiary/aromatic N) is 1. The van der Waals surface area contributed by atoms with E-state index in [1.54, 1.807) is 0 Å². The molecule has 3 heteroatoms. The van der Waals surface area contributed by atoms with Gasteiger partial charge in [-0.1, -0.05) is 19.1 Å². The zero-order valence-electron chi connectivity index (χ0n) is 12.1. The van der Waals surface area contributed by atoms with E-state index in [0.29, 0.717) is 18.7 Å². The largest absolute Gasteiger partial charge is 0.492 e. The molecule has 0 amide bonds. The molecule has 0 bridgehead atoms. The van der Waals surface area contributed by atoms with E-state index in [0.717, 1.165) is 42.5 Å². The lowest BCUT2D eigenvalue weighted by Gasteiger charge is -2.37.